The molecule has 424 valence electrons. The molecule has 0 atom stereocenters. The van der Waals surface area contributed by atoms with Gasteiger partial charge in [0.25, 0.3) is 6.71 Å². The van der Waals surface area contributed by atoms with Gasteiger partial charge in [0.2, 0.25) is 0 Å². The van der Waals surface area contributed by atoms with Gasteiger partial charge in [-0.2, -0.15) is 0 Å². The summed E-state index contributed by atoms with van der Waals surface area (Å²) in [4.78, 5) is 7.87. The maximum absolute atomic E-state index is 2.66. The Labute approximate surface area is 534 Å². The van der Waals surface area contributed by atoms with Gasteiger partial charge in [0.15, 0.2) is 0 Å². The van der Waals surface area contributed by atoms with Crippen LogP contribution >= 0.6 is 11.3 Å². The molecule has 14 aromatic carbocycles. The highest BCUT2D eigenvalue weighted by Crippen LogP contribution is 2.63. The van der Waals surface area contributed by atoms with Gasteiger partial charge in [0.05, 0.1) is 22.2 Å². The van der Waals surface area contributed by atoms with E-state index in [4.69, 9.17) is 0 Å². The molecule has 0 radical (unpaired) electrons. The van der Waals surface area contributed by atoms with Crippen LogP contribution in [0.1, 0.15) is 44.5 Å². The van der Waals surface area contributed by atoms with Gasteiger partial charge in [-0.25, -0.2) is 0 Å². The first-order chi connectivity index (χ1) is 45.2. The molecule has 0 amide bonds. The van der Waals surface area contributed by atoms with Crippen molar-refractivity contribution in [2.45, 2.75) is 10.8 Å². The van der Waals surface area contributed by atoms with Crippen molar-refractivity contribution in [3.05, 3.63) is 384 Å². The van der Waals surface area contributed by atoms with Crippen LogP contribution in [-0.4, -0.2) is 6.71 Å². The fourth-order valence-corrected chi connectivity index (χ4v) is 17.9. The van der Waals surface area contributed by atoms with E-state index >= 15 is 0 Å². The van der Waals surface area contributed by atoms with Gasteiger partial charge >= 0.3 is 0 Å². The van der Waals surface area contributed by atoms with Gasteiger partial charge in [-0.1, -0.05) is 273 Å². The van der Waals surface area contributed by atoms with Crippen molar-refractivity contribution in [3.8, 4) is 22.3 Å². The average molecular weight is 1170 g/mol. The van der Waals surface area contributed by atoms with E-state index in [0.29, 0.717) is 0 Å². The molecule has 91 heavy (non-hydrogen) atoms. The Kier molecular flexibility index (Phi) is 11.5. The third kappa shape index (κ3) is 7.21. The molecule has 2 aliphatic heterocycles. The zero-order valence-corrected chi connectivity index (χ0v) is 50.5. The second-order valence-corrected chi connectivity index (χ2v) is 25.6. The summed E-state index contributed by atoms with van der Waals surface area (Å²) < 4.78 is 2.52. The topological polar surface area (TPSA) is 9.72 Å². The molecule has 3 heterocycles. The second-order valence-electron chi connectivity index (χ2n) is 24.5. The molecule has 0 saturated carbocycles. The minimum Gasteiger partial charge on any atom is -0.311 e. The van der Waals surface area contributed by atoms with Crippen molar-refractivity contribution in [1.29, 1.82) is 0 Å². The smallest absolute Gasteiger partial charge is 0.252 e. The molecule has 0 saturated heterocycles. The molecule has 3 nitrogen and oxygen atoms in total. The van der Waals surface area contributed by atoms with Crippen LogP contribution in [0.3, 0.4) is 0 Å². The Morgan fingerprint density at radius 3 is 1.19 bits per heavy atom. The van der Waals surface area contributed by atoms with Gasteiger partial charge < -0.3 is 14.7 Å². The lowest BCUT2D eigenvalue weighted by Gasteiger charge is -2.46. The van der Waals surface area contributed by atoms with E-state index in [-0.39, 0.29) is 6.71 Å². The molecule has 0 bridgehead atoms. The van der Waals surface area contributed by atoms with Crippen LogP contribution in [0.2, 0.25) is 0 Å². The van der Waals surface area contributed by atoms with Gasteiger partial charge in [0, 0.05) is 71.1 Å². The Balaban J connectivity index is 1.00. The predicted molar refractivity (Wildman–Crippen MR) is 383 cm³/mol. The maximum Gasteiger partial charge on any atom is 0.252 e. The highest BCUT2D eigenvalue weighted by Gasteiger charge is 2.54. The first-order valence-electron chi connectivity index (χ1n) is 31.6. The van der Waals surface area contributed by atoms with Crippen LogP contribution in [0, 0.1) is 0 Å². The van der Waals surface area contributed by atoms with Crippen LogP contribution in [0.15, 0.2) is 340 Å². The molecule has 19 rings (SSSR count). The van der Waals surface area contributed by atoms with Crippen molar-refractivity contribution >= 4 is 106 Å². The Bertz CT molecular complexity index is 5030. The lowest BCUT2D eigenvalue weighted by molar-refractivity contribution is 0.768. The number of benzene rings is 14. The summed E-state index contributed by atoms with van der Waals surface area (Å²) in [6.45, 7) is -0.222. The molecular formula is C86H56BN3S. The Morgan fingerprint density at radius 1 is 0.319 bits per heavy atom. The van der Waals surface area contributed by atoms with Crippen LogP contribution in [0.25, 0.3) is 42.4 Å². The summed E-state index contributed by atoms with van der Waals surface area (Å²) >= 11 is 1.86. The molecule has 0 N–H and O–H groups in total. The normalized spacial score (nSPS) is 14.0. The molecular weight excluding hydrogens is 1120 g/mol. The number of fused-ring (bicyclic) bond motifs is 15. The monoisotopic (exact) mass is 1170 g/mol. The van der Waals surface area contributed by atoms with Crippen LogP contribution in [0.5, 0.6) is 0 Å². The van der Waals surface area contributed by atoms with E-state index in [1.165, 1.54) is 115 Å². The van der Waals surface area contributed by atoms with E-state index in [1.807, 2.05) is 11.3 Å². The summed E-state index contributed by atoms with van der Waals surface area (Å²) in [6.07, 6.45) is 0. The molecule has 0 fully saturated rings. The zero-order valence-electron chi connectivity index (χ0n) is 49.7. The number of anilines is 9. The van der Waals surface area contributed by atoms with E-state index in [1.54, 1.807) is 0 Å². The third-order valence-corrected chi connectivity index (χ3v) is 21.3. The Morgan fingerprint density at radius 2 is 0.714 bits per heavy atom. The van der Waals surface area contributed by atoms with E-state index < -0.39 is 10.8 Å². The van der Waals surface area contributed by atoms with Gasteiger partial charge in [-0.05, 0) is 139 Å². The van der Waals surface area contributed by atoms with Gasteiger partial charge in [-0.15, -0.1) is 11.3 Å². The number of hydrogen-bond acceptors (Lipinski definition) is 4. The number of rotatable bonds is 9. The quantitative estimate of drug-likeness (QED) is 0.133. The first-order valence-corrected chi connectivity index (χ1v) is 32.4. The number of hydrogen-bond donors (Lipinski definition) is 0. The van der Waals surface area contributed by atoms with Crippen molar-refractivity contribution in [2.24, 2.45) is 0 Å². The largest absolute Gasteiger partial charge is 0.311 e. The minimum absolute atomic E-state index is 0.222. The van der Waals surface area contributed by atoms with E-state index in [0.717, 1.165) is 39.8 Å². The number of para-hydroxylation sites is 3. The molecule has 2 aliphatic carbocycles. The molecule has 0 unspecified atom stereocenters. The lowest BCUT2D eigenvalue weighted by atomic mass is 9.33. The maximum atomic E-state index is 2.66. The summed E-state index contributed by atoms with van der Waals surface area (Å²) in [5.74, 6) is 0. The standard InChI is InChI=1S/C86H56BN3S/c1-8-29-57(30-9-1)85(58-31-10-2-11-32-58)68-46-25-22-43-65(68)79-70(85)51-53-72-83(79)89(62-39-18-6-19-40-62)75-55-64(88(61-37-16-5-17-38-61)74-48-28-50-78-81(74)67-45-24-27-49-77(67)91-78)56-76-82(75)87(72)73-54-52-71-80(84(73)90(76)63-41-20-7-21-42-63)66-44-23-26-47-69(66)86(71,59-33-12-3-13-34-59)60-35-14-4-15-36-60/h1-56H. The van der Waals surface area contributed by atoms with Gasteiger partial charge in [-0.3, -0.25) is 0 Å². The zero-order chi connectivity index (χ0) is 59.8. The fraction of sp³-hybridized carbons (Fsp3) is 0.0233. The highest BCUT2D eigenvalue weighted by molar-refractivity contribution is 7.26. The first kappa shape index (κ1) is 51.8. The average Bonchev–Trinajstić information content (AvgIpc) is 1.62. The van der Waals surface area contributed by atoms with Crippen LogP contribution in [-0.2, 0) is 10.8 Å². The lowest BCUT2D eigenvalue weighted by Crippen LogP contribution is -2.61. The van der Waals surface area contributed by atoms with Gasteiger partial charge in [0.1, 0.15) is 0 Å². The third-order valence-electron chi connectivity index (χ3n) is 20.1. The molecule has 1 aromatic heterocycles. The number of thiophene rings is 1. The molecule has 4 aliphatic rings. The van der Waals surface area contributed by atoms with E-state index in [2.05, 4.69) is 354 Å². The van der Waals surface area contributed by atoms with Crippen molar-refractivity contribution in [2.75, 3.05) is 14.7 Å². The number of nitrogens with zero attached hydrogens (tertiary/aromatic N) is 3. The fourth-order valence-electron chi connectivity index (χ4n) is 16.8. The van der Waals surface area contributed by atoms with Crippen LogP contribution < -0.4 is 31.1 Å². The summed E-state index contributed by atoms with van der Waals surface area (Å²) in [7, 11) is 0. The van der Waals surface area contributed by atoms with Crippen molar-refractivity contribution in [1.82, 2.24) is 0 Å². The summed E-state index contributed by atoms with van der Waals surface area (Å²) in [5.41, 5.74) is 27.7. The molecule has 0 spiro atoms. The summed E-state index contributed by atoms with van der Waals surface area (Å²) in [5, 5.41) is 2.49. The predicted octanol–water partition coefficient (Wildman–Crippen LogP) is 20.3. The summed E-state index contributed by atoms with van der Waals surface area (Å²) in [6, 6.07) is 128. The van der Waals surface area contributed by atoms with Crippen molar-refractivity contribution in [3.63, 3.8) is 0 Å². The SMILES string of the molecule is c1ccc(N2c3cc(N(c4ccccc4)c4cccc5sc6ccccc6c45)cc4c3B(c3ccc5c(c32)-c2ccccc2C5(c2ccccc2)c2ccccc2)c2ccc3c(c2N4c2ccccc2)-c2ccccc2C3(c2ccccc2)c2ccccc2)cc1. The Hall–Kier alpha value is -11.2. The highest BCUT2D eigenvalue weighted by atomic mass is 32.1. The minimum atomic E-state index is -0.636. The van der Waals surface area contributed by atoms with Crippen molar-refractivity contribution < 1.29 is 0 Å². The van der Waals surface area contributed by atoms with Crippen LogP contribution in [0.4, 0.5) is 51.2 Å². The molecule has 5 heteroatoms. The molecule has 15 aromatic rings. The van der Waals surface area contributed by atoms with E-state index in [9.17, 15) is 0 Å². The second kappa shape index (κ2) is 20.1.